The number of hydrogen-bond donors (Lipinski definition) is 6. The van der Waals surface area contributed by atoms with Crippen LogP contribution in [0.3, 0.4) is 0 Å². The van der Waals surface area contributed by atoms with E-state index in [1.165, 1.54) is 0 Å². The summed E-state index contributed by atoms with van der Waals surface area (Å²) < 4.78 is 33.3. The van der Waals surface area contributed by atoms with Gasteiger partial charge in [-0.3, -0.25) is 18.6 Å². The standard InChI is InChI=1S/C47H71O13P/c1-3-5-7-9-11-13-15-17-18-19-20-21-22-24-26-28-30-32-34-36-41(49)59-39(38-58-61(55,56)60-47-45(53)43(51)42(50)44(52)46(47)54)37-57-40(48)35-33-31-29-27-25-23-16-14-12-10-8-6-4-2/h5-8,11-14,17-18,20-21,23-26,29-32,39,42-47,50-54H,3-4,9-10,15-16,19,22,27-28,33-38H2,1-2H3,(H,55,56)/b7-5-,8-6-,13-11-,14-12-,18-17-,21-20-,25-23-,26-24-,31-29-,32-30-. The number of esters is 2. The van der Waals surface area contributed by atoms with Gasteiger partial charge in [-0.1, -0.05) is 135 Å². The molecule has 14 heteroatoms. The summed E-state index contributed by atoms with van der Waals surface area (Å²) in [5.74, 6) is -1.31. The van der Waals surface area contributed by atoms with Crippen molar-refractivity contribution in [2.24, 2.45) is 0 Å². The van der Waals surface area contributed by atoms with Crippen molar-refractivity contribution in [2.45, 2.75) is 146 Å². The number of phosphoric acid groups is 1. The first-order chi connectivity index (χ1) is 29.4. The Morgan fingerprint density at radius 2 is 0.820 bits per heavy atom. The highest BCUT2D eigenvalue weighted by atomic mass is 31.2. The van der Waals surface area contributed by atoms with E-state index >= 15 is 0 Å². The van der Waals surface area contributed by atoms with Gasteiger partial charge in [-0.15, -0.1) is 0 Å². The number of hydrogen-bond acceptors (Lipinski definition) is 12. The summed E-state index contributed by atoms with van der Waals surface area (Å²) in [6, 6.07) is 0. The summed E-state index contributed by atoms with van der Waals surface area (Å²) in [5.41, 5.74) is 0. The van der Waals surface area contributed by atoms with Gasteiger partial charge in [0.15, 0.2) is 6.10 Å². The lowest BCUT2D eigenvalue weighted by atomic mass is 9.85. The first-order valence-corrected chi connectivity index (χ1v) is 22.8. The third-order valence-electron chi connectivity index (χ3n) is 8.83. The van der Waals surface area contributed by atoms with E-state index in [0.717, 1.165) is 51.4 Å². The molecule has 0 amide bonds. The molecule has 0 aromatic rings. The van der Waals surface area contributed by atoms with Crippen LogP contribution >= 0.6 is 7.82 Å². The molecule has 1 aliphatic carbocycles. The number of phosphoric ester groups is 1. The fraction of sp³-hybridized carbons (Fsp3) is 0.532. The van der Waals surface area contributed by atoms with Crippen LogP contribution in [0.2, 0.25) is 0 Å². The van der Waals surface area contributed by atoms with Crippen molar-refractivity contribution in [3.05, 3.63) is 122 Å². The number of carbonyl (C=O) groups is 2. The monoisotopic (exact) mass is 874 g/mol. The third-order valence-corrected chi connectivity index (χ3v) is 9.81. The smallest absolute Gasteiger partial charge is 0.462 e. The van der Waals surface area contributed by atoms with Gasteiger partial charge in [0.05, 0.1) is 6.61 Å². The van der Waals surface area contributed by atoms with Crippen molar-refractivity contribution < 1.29 is 63.1 Å². The van der Waals surface area contributed by atoms with E-state index in [-0.39, 0.29) is 12.8 Å². The minimum Gasteiger partial charge on any atom is -0.462 e. The van der Waals surface area contributed by atoms with Crippen LogP contribution < -0.4 is 0 Å². The normalized spacial score (nSPS) is 23.2. The maximum atomic E-state index is 12.8. The largest absolute Gasteiger partial charge is 0.472 e. The fourth-order valence-corrected chi connectivity index (χ4v) is 6.41. The van der Waals surface area contributed by atoms with Crippen LogP contribution in [0.5, 0.6) is 0 Å². The fourth-order valence-electron chi connectivity index (χ4n) is 5.44. The molecule has 1 fully saturated rings. The van der Waals surface area contributed by atoms with Crippen LogP contribution in [0, 0.1) is 0 Å². The first-order valence-electron chi connectivity index (χ1n) is 21.3. The Balaban J connectivity index is 2.61. The van der Waals surface area contributed by atoms with Gasteiger partial charge < -0.3 is 39.9 Å². The maximum Gasteiger partial charge on any atom is 0.472 e. The topological polar surface area (TPSA) is 210 Å². The van der Waals surface area contributed by atoms with E-state index in [1.54, 1.807) is 0 Å². The molecule has 0 heterocycles. The highest BCUT2D eigenvalue weighted by molar-refractivity contribution is 7.47. The van der Waals surface area contributed by atoms with Crippen LogP contribution in [0.15, 0.2) is 122 Å². The lowest BCUT2D eigenvalue weighted by Gasteiger charge is -2.41. The summed E-state index contributed by atoms with van der Waals surface area (Å²) in [7, 11) is -5.16. The van der Waals surface area contributed by atoms with E-state index in [9.17, 15) is 44.6 Å². The SMILES string of the molecule is CC/C=C\C/C=C\C/C=C\C/C=C\C/C=C\C/C=C\CCC(=O)OC(COC(=O)CC/C=C\C/C=C\C/C=C\C/C=C\CC)COP(=O)(O)OC1C(O)C(O)C(O)C(O)C1O. The number of aliphatic hydroxyl groups is 5. The van der Waals surface area contributed by atoms with E-state index in [1.807, 2.05) is 42.5 Å². The third kappa shape index (κ3) is 28.5. The summed E-state index contributed by atoms with van der Waals surface area (Å²) >= 11 is 0. The zero-order valence-corrected chi connectivity index (χ0v) is 36.8. The van der Waals surface area contributed by atoms with Crippen molar-refractivity contribution in [3.8, 4) is 0 Å². The van der Waals surface area contributed by atoms with Gasteiger partial charge in [-0.25, -0.2) is 4.57 Å². The summed E-state index contributed by atoms with van der Waals surface area (Å²) in [4.78, 5) is 35.5. The molecule has 1 saturated carbocycles. The molecule has 6 atom stereocenters. The quantitative estimate of drug-likeness (QED) is 0.0217. The first kappa shape index (κ1) is 55.3. The van der Waals surface area contributed by atoms with Crippen LogP contribution in [0.4, 0.5) is 0 Å². The molecule has 0 bridgehead atoms. The number of ether oxygens (including phenoxy) is 2. The van der Waals surface area contributed by atoms with E-state index in [4.69, 9.17) is 18.5 Å². The van der Waals surface area contributed by atoms with Gasteiger partial charge >= 0.3 is 19.8 Å². The summed E-state index contributed by atoms with van der Waals surface area (Å²) in [5, 5.41) is 50.0. The predicted molar refractivity (Wildman–Crippen MR) is 239 cm³/mol. The Bertz CT molecular complexity index is 1520. The van der Waals surface area contributed by atoms with Gasteiger partial charge in [0.2, 0.25) is 0 Å². The molecular formula is C47H71O13P. The van der Waals surface area contributed by atoms with Gasteiger partial charge in [-0.05, 0) is 77.0 Å². The molecule has 1 aliphatic rings. The van der Waals surface area contributed by atoms with Gasteiger partial charge in [0.1, 0.15) is 43.2 Å². The number of rotatable bonds is 32. The molecule has 1 rings (SSSR count). The van der Waals surface area contributed by atoms with Crippen molar-refractivity contribution in [2.75, 3.05) is 13.2 Å². The molecule has 6 N–H and O–H groups in total. The molecule has 342 valence electrons. The maximum absolute atomic E-state index is 12.8. The van der Waals surface area contributed by atoms with E-state index in [2.05, 4.69) is 92.8 Å². The second kappa shape index (κ2) is 35.8. The lowest BCUT2D eigenvalue weighted by molar-refractivity contribution is -0.220. The van der Waals surface area contributed by atoms with Crippen LogP contribution in [0.25, 0.3) is 0 Å². The second-order valence-electron chi connectivity index (χ2n) is 14.1. The Kier molecular flexibility index (Phi) is 32.4. The zero-order chi connectivity index (χ0) is 45.0. The Hall–Kier alpha value is -3.75. The number of carbonyl (C=O) groups excluding carboxylic acids is 2. The van der Waals surface area contributed by atoms with E-state index < -0.39 is 75.7 Å². The Morgan fingerprint density at radius 1 is 0.492 bits per heavy atom. The van der Waals surface area contributed by atoms with Gasteiger partial charge in [0.25, 0.3) is 0 Å². The number of allylic oxidation sites excluding steroid dienone is 20. The minimum atomic E-state index is -5.16. The van der Waals surface area contributed by atoms with Crippen LogP contribution in [-0.4, -0.2) is 98.3 Å². The highest BCUT2D eigenvalue weighted by Gasteiger charge is 2.51. The van der Waals surface area contributed by atoms with Gasteiger partial charge in [-0.2, -0.15) is 0 Å². The van der Waals surface area contributed by atoms with Crippen LogP contribution in [0.1, 0.15) is 104 Å². The second-order valence-corrected chi connectivity index (χ2v) is 15.5. The molecule has 0 radical (unpaired) electrons. The molecule has 0 saturated heterocycles. The van der Waals surface area contributed by atoms with Gasteiger partial charge in [0, 0.05) is 12.8 Å². The van der Waals surface area contributed by atoms with Crippen molar-refractivity contribution in [3.63, 3.8) is 0 Å². The van der Waals surface area contributed by atoms with E-state index in [0.29, 0.717) is 25.7 Å². The predicted octanol–water partition coefficient (Wildman–Crippen LogP) is 7.82. The number of aliphatic hydroxyl groups excluding tert-OH is 5. The molecule has 0 aromatic heterocycles. The average molecular weight is 875 g/mol. The molecule has 13 nitrogen and oxygen atoms in total. The molecule has 61 heavy (non-hydrogen) atoms. The van der Waals surface area contributed by atoms with Crippen molar-refractivity contribution >= 4 is 19.8 Å². The molecule has 0 aromatic carbocycles. The molecule has 0 aliphatic heterocycles. The Morgan fingerprint density at radius 3 is 1.20 bits per heavy atom. The van der Waals surface area contributed by atoms with Crippen molar-refractivity contribution in [1.29, 1.82) is 0 Å². The zero-order valence-electron chi connectivity index (χ0n) is 35.9. The van der Waals surface area contributed by atoms with Crippen molar-refractivity contribution in [1.82, 2.24) is 0 Å². The minimum absolute atomic E-state index is 0.0218. The van der Waals surface area contributed by atoms with Crippen LogP contribution in [-0.2, 0) is 32.7 Å². The average Bonchev–Trinajstić information content (AvgIpc) is 3.24. The lowest BCUT2D eigenvalue weighted by Crippen LogP contribution is -2.64. The highest BCUT2D eigenvalue weighted by Crippen LogP contribution is 2.47. The summed E-state index contributed by atoms with van der Waals surface area (Å²) in [6.45, 7) is 2.90. The molecule has 0 spiro atoms. The summed E-state index contributed by atoms with van der Waals surface area (Å²) in [6.07, 6.45) is 37.2. The molecular weight excluding hydrogens is 803 g/mol. The molecule has 6 unspecified atom stereocenters. The Labute approximate surface area is 363 Å².